The Labute approximate surface area is 187 Å². The Morgan fingerprint density at radius 2 is 1.88 bits per heavy atom. The predicted octanol–water partition coefficient (Wildman–Crippen LogP) is 2.92. The summed E-state index contributed by atoms with van der Waals surface area (Å²) in [7, 11) is 0. The van der Waals surface area contributed by atoms with Crippen LogP contribution in [-0.2, 0) is 16.1 Å². The average Bonchev–Trinajstić information content (AvgIpc) is 3.43. The Balaban J connectivity index is 1.23. The fourth-order valence-corrected chi connectivity index (χ4v) is 3.62. The summed E-state index contributed by atoms with van der Waals surface area (Å²) in [6, 6.07) is 15.6. The van der Waals surface area contributed by atoms with E-state index in [1.54, 1.807) is 10.9 Å². The molecule has 1 aliphatic heterocycles. The van der Waals surface area contributed by atoms with Crippen LogP contribution < -0.4 is 5.32 Å². The number of rotatable bonds is 7. The number of hydrogen-bond donors (Lipinski definition) is 1. The number of aromatic nitrogens is 3. The van der Waals surface area contributed by atoms with Gasteiger partial charge in [-0.15, -0.1) is 0 Å². The Bertz CT molecular complexity index is 1140. The van der Waals surface area contributed by atoms with Crippen LogP contribution in [0.2, 0.25) is 0 Å². The SMILES string of the molecule is Cc1cc(C)n(-c2ccc(CNC(=O)CCC(=O)N3CCC(c4ccccc4)=N3)cn2)n1. The van der Waals surface area contributed by atoms with Gasteiger partial charge < -0.3 is 5.32 Å². The van der Waals surface area contributed by atoms with Crippen LogP contribution in [-0.4, -0.2) is 43.8 Å². The lowest BCUT2D eigenvalue weighted by Crippen LogP contribution is -2.27. The van der Waals surface area contributed by atoms with Gasteiger partial charge in [0, 0.05) is 37.7 Å². The molecule has 2 aromatic heterocycles. The summed E-state index contributed by atoms with van der Waals surface area (Å²) in [5.41, 5.74) is 4.76. The summed E-state index contributed by atoms with van der Waals surface area (Å²) in [4.78, 5) is 29.1. The van der Waals surface area contributed by atoms with Gasteiger partial charge in [0.05, 0.1) is 18.0 Å². The Morgan fingerprint density at radius 3 is 2.56 bits per heavy atom. The summed E-state index contributed by atoms with van der Waals surface area (Å²) in [5.74, 6) is 0.423. The Hall–Kier alpha value is -3.81. The topological polar surface area (TPSA) is 92.5 Å². The smallest absolute Gasteiger partial charge is 0.243 e. The minimum atomic E-state index is -0.174. The Morgan fingerprint density at radius 1 is 1.06 bits per heavy atom. The van der Waals surface area contributed by atoms with E-state index in [4.69, 9.17) is 0 Å². The van der Waals surface area contributed by atoms with Gasteiger partial charge in [0.2, 0.25) is 11.8 Å². The van der Waals surface area contributed by atoms with Gasteiger partial charge in [-0.2, -0.15) is 10.2 Å². The number of nitrogens with one attached hydrogen (secondary N) is 1. The molecule has 3 aromatic rings. The van der Waals surface area contributed by atoms with Crippen LogP contribution in [0.1, 0.15) is 41.8 Å². The minimum Gasteiger partial charge on any atom is -0.352 e. The highest BCUT2D eigenvalue weighted by Crippen LogP contribution is 2.15. The molecule has 1 aliphatic rings. The molecule has 32 heavy (non-hydrogen) atoms. The minimum absolute atomic E-state index is 0.128. The van der Waals surface area contributed by atoms with E-state index in [1.807, 2.05) is 62.4 Å². The first kappa shape index (κ1) is 21.4. The Kier molecular flexibility index (Phi) is 6.39. The molecule has 8 heteroatoms. The number of benzene rings is 1. The third kappa shape index (κ3) is 5.08. The zero-order chi connectivity index (χ0) is 22.5. The van der Waals surface area contributed by atoms with E-state index in [2.05, 4.69) is 20.5 Å². The molecular weight excluding hydrogens is 404 g/mol. The molecule has 0 fully saturated rings. The number of hydrogen-bond acceptors (Lipinski definition) is 5. The summed E-state index contributed by atoms with van der Waals surface area (Å²) in [6.07, 6.45) is 2.71. The monoisotopic (exact) mass is 430 g/mol. The highest BCUT2D eigenvalue weighted by molar-refractivity contribution is 6.02. The van der Waals surface area contributed by atoms with E-state index in [9.17, 15) is 9.59 Å². The predicted molar refractivity (Wildman–Crippen MR) is 121 cm³/mol. The number of pyridine rings is 1. The van der Waals surface area contributed by atoms with Gasteiger partial charge in [-0.05, 0) is 37.1 Å². The van der Waals surface area contributed by atoms with Gasteiger partial charge in [-0.25, -0.2) is 14.7 Å². The third-order valence-electron chi connectivity index (χ3n) is 5.29. The first-order valence-corrected chi connectivity index (χ1v) is 10.7. The molecule has 0 spiro atoms. The highest BCUT2D eigenvalue weighted by atomic mass is 16.2. The molecule has 164 valence electrons. The number of nitrogens with zero attached hydrogens (tertiary/aromatic N) is 5. The molecule has 0 saturated heterocycles. The fourth-order valence-electron chi connectivity index (χ4n) is 3.62. The van der Waals surface area contributed by atoms with Crippen LogP contribution >= 0.6 is 0 Å². The number of hydrazone groups is 1. The van der Waals surface area contributed by atoms with E-state index in [0.29, 0.717) is 13.1 Å². The molecule has 0 unspecified atom stereocenters. The van der Waals surface area contributed by atoms with Gasteiger partial charge in [0.25, 0.3) is 0 Å². The van der Waals surface area contributed by atoms with Crippen LogP contribution in [0.25, 0.3) is 5.82 Å². The summed E-state index contributed by atoms with van der Waals surface area (Å²) in [5, 5.41) is 13.2. The molecule has 4 rings (SSSR count). The van der Waals surface area contributed by atoms with E-state index >= 15 is 0 Å². The zero-order valence-electron chi connectivity index (χ0n) is 18.3. The molecule has 0 atom stereocenters. The van der Waals surface area contributed by atoms with E-state index < -0.39 is 0 Å². The zero-order valence-corrected chi connectivity index (χ0v) is 18.3. The number of aryl methyl sites for hydroxylation is 2. The van der Waals surface area contributed by atoms with Crippen molar-refractivity contribution in [3.8, 4) is 5.82 Å². The highest BCUT2D eigenvalue weighted by Gasteiger charge is 2.21. The summed E-state index contributed by atoms with van der Waals surface area (Å²) < 4.78 is 1.79. The second-order valence-electron chi connectivity index (χ2n) is 7.82. The summed E-state index contributed by atoms with van der Waals surface area (Å²) in [6.45, 7) is 4.83. The quantitative estimate of drug-likeness (QED) is 0.624. The van der Waals surface area contributed by atoms with Crippen molar-refractivity contribution in [1.29, 1.82) is 0 Å². The number of amides is 2. The lowest BCUT2D eigenvalue weighted by Gasteiger charge is -2.11. The van der Waals surface area contributed by atoms with Crippen molar-refractivity contribution < 1.29 is 9.59 Å². The molecule has 1 N–H and O–H groups in total. The molecule has 8 nitrogen and oxygen atoms in total. The number of carbonyl (C=O) groups excluding carboxylic acids is 2. The van der Waals surface area contributed by atoms with Crippen LogP contribution in [0, 0.1) is 13.8 Å². The molecule has 2 amide bonds. The first-order chi connectivity index (χ1) is 15.5. The second-order valence-corrected chi connectivity index (χ2v) is 7.82. The van der Waals surface area contributed by atoms with Crippen molar-refractivity contribution in [2.75, 3.05) is 6.54 Å². The van der Waals surface area contributed by atoms with E-state index in [0.717, 1.165) is 40.5 Å². The van der Waals surface area contributed by atoms with Crippen molar-refractivity contribution in [2.45, 2.75) is 39.7 Å². The average molecular weight is 431 g/mol. The van der Waals surface area contributed by atoms with E-state index in [-0.39, 0.29) is 24.7 Å². The van der Waals surface area contributed by atoms with Crippen molar-refractivity contribution in [1.82, 2.24) is 25.1 Å². The molecule has 0 radical (unpaired) electrons. The fraction of sp³-hybridized carbons (Fsp3) is 0.292. The molecule has 1 aromatic carbocycles. The van der Waals surface area contributed by atoms with Crippen LogP contribution in [0.5, 0.6) is 0 Å². The second kappa shape index (κ2) is 9.55. The maximum Gasteiger partial charge on any atom is 0.243 e. The first-order valence-electron chi connectivity index (χ1n) is 10.7. The molecule has 0 bridgehead atoms. The van der Waals surface area contributed by atoms with Gasteiger partial charge in [-0.1, -0.05) is 36.4 Å². The van der Waals surface area contributed by atoms with Crippen LogP contribution in [0.3, 0.4) is 0 Å². The lowest BCUT2D eigenvalue weighted by atomic mass is 10.1. The van der Waals surface area contributed by atoms with Gasteiger partial charge in [-0.3, -0.25) is 9.59 Å². The largest absolute Gasteiger partial charge is 0.352 e. The molecule has 0 saturated carbocycles. The standard InChI is InChI=1S/C24H26N6O2/c1-17-14-18(2)30(27-17)22-9-8-19(15-25-22)16-26-23(31)10-11-24(32)29-13-12-21(28-29)20-6-4-3-5-7-20/h3-9,14-15H,10-13,16H2,1-2H3,(H,26,31). The van der Waals surface area contributed by atoms with Crippen molar-refractivity contribution in [2.24, 2.45) is 5.10 Å². The normalized spacial score (nSPS) is 13.2. The molecular formula is C24H26N6O2. The van der Waals surface area contributed by atoms with E-state index in [1.165, 1.54) is 5.01 Å². The number of carbonyl (C=O) groups is 2. The van der Waals surface area contributed by atoms with Crippen LogP contribution in [0.4, 0.5) is 0 Å². The summed E-state index contributed by atoms with van der Waals surface area (Å²) >= 11 is 0. The van der Waals surface area contributed by atoms with Crippen molar-refractivity contribution >= 4 is 17.5 Å². The van der Waals surface area contributed by atoms with Crippen LogP contribution in [0.15, 0.2) is 59.8 Å². The van der Waals surface area contributed by atoms with Crippen molar-refractivity contribution in [3.05, 3.63) is 77.2 Å². The maximum atomic E-state index is 12.4. The third-order valence-corrected chi connectivity index (χ3v) is 5.29. The lowest BCUT2D eigenvalue weighted by molar-refractivity contribution is -0.133. The molecule has 3 heterocycles. The molecule has 0 aliphatic carbocycles. The van der Waals surface area contributed by atoms with Crippen molar-refractivity contribution in [3.63, 3.8) is 0 Å². The van der Waals surface area contributed by atoms with Gasteiger partial charge >= 0.3 is 0 Å². The van der Waals surface area contributed by atoms with Gasteiger partial charge in [0.15, 0.2) is 5.82 Å². The maximum absolute atomic E-state index is 12.4. The van der Waals surface area contributed by atoms with Gasteiger partial charge in [0.1, 0.15) is 0 Å².